The second kappa shape index (κ2) is 5.86. The summed E-state index contributed by atoms with van der Waals surface area (Å²) in [6.45, 7) is 4.32. The SMILES string of the molecule is Cc1cc(CC(O)C2(N(C)C)CCC(C)CC2)n(C)n1. The Bertz CT molecular complexity index is 445. The van der Waals surface area contributed by atoms with Gasteiger partial charge in [-0.05, 0) is 58.7 Å². The standard InChI is InChI=1S/C16H29N3O/c1-12-6-8-16(9-7-12,18(3)4)15(20)11-14-10-13(2)17-19(14)5/h10,12,15,20H,6-9,11H2,1-5H3. The Kier molecular flexibility index (Phi) is 4.55. The first-order valence-electron chi connectivity index (χ1n) is 7.70. The van der Waals surface area contributed by atoms with Gasteiger partial charge in [-0.15, -0.1) is 0 Å². The molecule has 1 aliphatic rings. The van der Waals surface area contributed by atoms with Gasteiger partial charge < -0.3 is 10.0 Å². The molecule has 1 heterocycles. The van der Waals surface area contributed by atoms with E-state index in [0.717, 1.165) is 30.1 Å². The van der Waals surface area contributed by atoms with Crippen LogP contribution < -0.4 is 0 Å². The van der Waals surface area contributed by atoms with Crippen LogP contribution in [0.2, 0.25) is 0 Å². The van der Waals surface area contributed by atoms with Crippen molar-refractivity contribution in [1.29, 1.82) is 0 Å². The van der Waals surface area contributed by atoms with Crippen molar-refractivity contribution in [2.45, 2.75) is 57.6 Å². The molecule has 0 aliphatic heterocycles. The van der Waals surface area contributed by atoms with Crippen LogP contribution in [0.4, 0.5) is 0 Å². The zero-order valence-electron chi connectivity index (χ0n) is 13.6. The highest BCUT2D eigenvalue weighted by Gasteiger charge is 2.42. The molecule has 2 rings (SSSR count). The van der Waals surface area contributed by atoms with Crippen molar-refractivity contribution in [3.05, 3.63) is 17.5 Å². The first-order chi connectivity index (χ1) is 9.35. The number of nitrogens with zero attached hydrogens (tertiary/aromatic N) is 3. The molecule has 1 aromatic heterocycles. The lowest BCUT2D eigenvalue weighted by Crippen LogP contribution is -2.56. The van der Waals surface area contributed by atoms with E-state index in [0.29, 0.717) is 6.42 Å². The number of rotatable bonds is 4. The average molecular weight is 279 g/mol. The molecule has 1 aromatic rings. The van der Waals surface area contributed by atoms with Gasteiger partial charge in [0.15, 0.2) is 0 Å². The van der Waals surface area contributed by atoms with Gasteiger partial charge >= 0.3 is 0 Å². The summed E-state index contributed by atoms with van der Waals surface area (Å²) in [5.74, 6) is 0.786. The fourth-order valence-corrected chi connectivity index (χ4v) is 3.58. The summed E-state index contributed by atoms with van der Waals surface area (Å²) < 4.78 is 1.90. The molecule has 1 fully saturated rings. The predicted octanol–water partition coefficient (Wildman–Crippen LogP) is 2.14. The lowest BCUT2D eigenvalue weighted by Gasteiger charge is -2.47. The third kappa shape index (κ3) is 2.91. The van der Waals surface area contributed by atoms with Gasteiger partial charge in [-0.1, -0.05) is 6.92 Å². The Morgan fingerprint density at radius 2 is 2.05 bits per heavy atom. The van der Waals surface area contributed by atoms with Gasteiger partial charge in [0.05, 0.1) is 11.8 Å². The summed E-state index contributed by atoms with van der Waals surface area (Å²) in [4.78, 5) is 2.24. The normalized spacial score (nSPS) is 28.9. The monoisotopic (exact) mass is 279 g/mol. The van der Waals surface area contributed by atoms with Crippen molar-refractivity contribution >= 4 is 0 Å². The molecule has 4 nitrogen and oxygen atoms in total. The molecule has 0 amide bonds. The Balaban J connectivity index is 2.15. The van der Waals surface area contributed by atoms with Gasteiger partial charge in [0.1, 0.15) is 0 Å². The minimum absolute atomic E-state index is 0.0787. The number of hydrogen-bond acceptors (Lipinski definition) is 3. The van der Waals surface area contributed by atoms with E-state index in [1.54, 1.807) is 0 Å². The van der Waals surface area contributed by atoms with E-state index in [9.17, 15) is 5.11 Å². The van der Waals surface area contributed by atoms with E-state index in [2.05, 4.69) is 37.1 Å². The summed E-state index contributed by atoms with van der Waals surface area (Å²) in [7, 11) is 6.17. The summed E-state index contributed by atoms with van der Waals surface area (Å²) in [5, 5.41) is 15.3. The van der Waals surface area contributed by atoms with Crippen molar-refractivity contribution in [1.82, 2.24) is 14.7 Å². The quantitative estimate of drug-likeness (QED) is 0.918. The van der Waals surface area contributed by atoms with Crippen LogP contribution in [0.5, 0.6) is 0 Å². The van der Waals surface area contributed by atoms with Crippen LogP contribution in [-0.4, -0.2) is 45.5 Å². The van der Waals surface area contributed by atoms with E-state index in [1.807, 2.05) is 18.7 Å². The van der Waals surface area contributed by atoms with E-state index >= 15 is 0 Å². The van der Waals surface area contributed by atoms with Gasteiger partial charge in [-0.25, -0.2) is 0 Å². The van der Waals surface area contributed by atoms with E-state index < -0.39 is 0 Å². The molecule has 0 radical (unpaired) electrons. The lowest BCUT2D eigenvalue weighted by molar-refractivity contribution is -0.0389. The summed E-state index contributed by atoms with van der Waals surface area (Å²) in [6.07, 6.45) is 4.93. The fraction of sp³-hybridized carbons (Fsp3) is 0.812. The number of likely N-dealkylation sites (N-methyl/N-ethyl adjacent to an activating group) is 1. The average Bonchev–Trinajstić information content (AvgIpc) is 2.68. The molecule has 20 heavy (non-hydrogen) atoms. The van der Waals surface area contributed by atoms with Crippen LogP contribution in [0.1, 0.15) is 44.0 Å². The van der Waals surface area contributed by atoms with E-state index in [4.69, 9.17) is 0 Å². The number of hydrogen-bond donors (Lipinski definition) is 1. The van der Waals surface area contributed by atoms with Gasteiger partial charge in [-0.3, -0.25) is 4.68 Å². The summed E-state index contributed by atoms with van der Waals surface area (Å²) in [6, 6.07) is 2.08. The van der Waals surface area contributed by atoms with Crippen LogP contribution in [0.25, 0.3) is 0 Å². The second-order valence-electron chi connectivity index (χ2n) is 6.80. The lowest BCUT2D eigenvalue weighted by atomic mass is 9.72. The van der Waals surface area contributed by atoms with E-state index in [-0.39, 0.29) is 11.6 Å². The molecule has 0 bridgehead atoms. The fourth-order valence-electron chi connectivity index (χ4n) is 3.58. The maximum absolute atomic E-state index is 10.9. The molecule has 0 saturated heterocycles. The summed E-state index contributed by atoms with van der Waals surface area (Å²) >= 11 is 0. The van der Waals surface area contributed by atoms with Crippen molar-refractivity contribution < 1.29 is 5.11 Å². The van der Waals surface area contributed by atoms with Crippen LogP contribution in [0.15, 0.2) is 6.07 Å². The van der Waals surface area contributed by atoms with Crippen molar-refractivity contribution in [2.75, 3.05) is 14.1 Å². The minimum atomic E-state index is -0.334. The molecule has 1 N–H and O–H groups in total. The van der Waals surface area contributed by atoms with Crippen molar-refractivity contribution in [3.63, 3.8) is 0 Å². The molecule has 0 aromatic carbocycles. The zero-order chi connectivity index (χ0) is 14.9. The number of aliphatic hydroxyl groups excluding tert-OH is 1. The molecule has 114 valence electrons. The van der Waals surface area contributed by atoms with Gasteiger partial charge in [0.2, 0.25) is 0 Å². The Labute approximate surface area is 122 Å². The van der Waals surface area contributed by atoms with Crippen LogP contribution >= 0.6 is 0 Å². The molecular weight excluding hydrogens is 250 g/mol. The van der Waals surface area contributed by atoms with Crippen LogP contribution in [-0.2, 0) is 13.5 Å². The summed E-state index contributed by atoms with van der Waals surface area (Å²) in [5.41, 5.74) is 2.06. The molecular formula is C16H29N3O. The van der Waals surface area contributed by atoms with Gasteiger partial charge in [0, 0.05) is 24.7 Å². The first-order valence-corrected chi connectivity index (χ1v) is 7.70. The molecule has 0 spiro atoms. The highest BCUT2D eigenvalue weighted by molar-refractivity contribution is 5.12. The predicted molar refractivity (Wildman–Crippen MR) is 81.7 cm³/mol. The Hall–Kier alpha value is -0.870. The largest absolute Gasteiger partial charge is 0.391 e. The van der Waals surface area contributed by atoms with Gasteiger partial charge in [0.25, 0.3) is 0 Å². The van der Waals surface area contributed by atoms with Gasteiger partial charge in [-0.2, -0.15) is 5.10 Å². The molecule has 1 aliphatic carbocycles. The van der Waals surface area contributed by atoms with Crippen molar-refractivity contribution in [3.8, 4) is 0 Å². The Morgan fingerprint density at radius 1 is 1.45 bits per heavy atom. The second-order valence-corrected chi connectivity index (χ2v) is 6.80. The highest BCUT2D eigenvalue weighted by atomic mass is 16.3. The topological polar surface area (TPSA) is 41.3 Å². The first kappa shape index (κ1) is 15.5. The highest BCUT2D eigenvalue weighted by Crippen LogP contribution is 2.38. The van der Waals surface area contributed by atoms with Crippen LogP contribution in [0, 0.1) is 12.8 Å². The number of aryl methyl sites for hydroxylation is 2. The molecule has 1 unspecified atom stereocenters. The van der Waals surface area contributed by atoms with Crippen molar-refractivity contribution in [2.24, 2.45) is 13.0 Å². The van der Waals surface area contributed by atoms with Crippen LogP contribution in [0.3, 0.4) is 0 Å². The Morgan fingerprint density at radius 3 is 2.50 bits per heavy atom. The maximum atomic E-state index is 10.9. The number of aromatic nitrogens is 2. The van der Waals surface area contributed by atoms with E-state index in [1.165, 1.54) is 12.8 Å². The molecule has 1 atom stereocenters. The third-order valence-electron chi connectivity index (χ3n) is 5.15. The molecule has 1 saturated carbocycles. The zero-order valence-corrected chi connectivity index (χ0v) is 13.6. The maximum Gasteiger partial charge on any atom is 0.0778 e. The smallest absolute Gasteiger partial charge is 0.0778 e. The third-order valence-corrected chi connectivity index (χ3v) is 5.15. The number of aliphatic hydroxyl groups is 1. The minimum Gasteiger partial charge on any atom is -0.391 e. The molecule has 4 heteroatoms.